The topological polar surface area (TPSA) is 60.2 Å². The van der Waals surface area contributed by atoms with Crippen LogP contribution in [0.2, 0.25) is 0 Å². The first-order chi connectivity index (χ1) is 11.6. The van der Waals surface area contributed by atoms with E-state index in [0.717, 1.165) is 12.1 Å². The first-order valence-corrected chi connectivity index (χ1v) is 6.93. The van der Waals surface area contributed by atoms with Gasteiger partial charge in [-0.05, 0) is 36.4 Å². The Morgan fingerprint density at radius 1 is 1.04 bits per heavy atom. The molecule has 3 rings (SSSR count). The van der Waals surface area contributed by atoms with E-state index in [1.165, 1.54) is 0 Å². The maximum Gasteiger partial charge on any atom is 0.246 e. The van der Waals surface area contributed by atoms with Crippen LogP contribution in [0.15, 0.2) is 40.9 Å². The number of hydrogen-bond acceptors (Lipinski definition) is 5. The predicted octanol–water partition coefficient (Wildman–Crippen LogP) is 3.77. The van der Waals surface area contributed by atoms with Gasteiger partial charge in [0, 0.05) is 5.56 Å². The number of rotatable bonds is 5. The van der Waals surface area contributed by atoms with Crippen LogP contribution in [0.5, 0.6) is 5.75 Å². The zero-order valence-corrected chi connectivity index (χ0v) is 12.5. The molecule has 124 valence electrons. The van der Waals surface area contributed by atoms with Gasteiger partial charge in [0.2, 0.25) is 11.7 Å². The summed E-state index contributed by atoms with van der Waals surface area (Å²) >= 11 is 0. The van der Waals surface area contributed by atoms with E-state index in [2.05, 4.69) is 15.5 Å². The Morgan fingerprint density at radius 2 is 1.79 bits per heavy atom. The summed E-state index contributed by atoms with van der Waals surface area (Å²) in [5.74, 6) is -2.88. The maximum absolute atomic E-state index is 13.6. The van der Waals surface area contributed by atoms with Crippen molar-refractivity contribution in [2.24, 2.45) is 0 Å². The Morgan fingerprint density at radius 3 is 2.50 bits per heavy atom. The van der Waals surface area contributed by atoms with Crippen molar-refractivity contribution >= 4 is 5.69 Å². The molecule has 8 heteroatoms. The van der Waals surface area contributed by atoms with Gasteiger partial charge in [0.1, 0.15) is 5.75 Å². The SMILES string of the molecule is COc1ccc(-c2noc(CNc3ccc(F)c(F)c3F)n2)cc1. The average Bonchev–Trinajstić information content (AvgIpc) is 3.08. The molecule has 1 heterocycles. The fourth-order valence-electron chi connectivity index (χ4n) is 2.02. The highest BCUT2D eigenvalue weighted by Gasteiger charge is 2.14. The highest BCUT2D eigenvalue weighted by Crippen LogP contribution is 2.22. The number of nitrogens with one attached hydrogen (secondary N) is 1. The lowest BCUT2D eigenvalue weighted by Crippen LogP contribution is -2.04. The number of benzene rings is 2. The lowest BCUT2D eigenvalue weighted by atomic mass is 10.2. The van der Waals surface area contributed by atoms with Crippen LogP contribution in [0, 0.1) is 17.5 Å². The van der Waals surface area contributed by atoms with Crippen LogP contribution < -0.4 is 10.1 Å². The molecule has 0 fully saturated rings. The van der Waals surface area contributed by atoms with Crippen molar-refractivity contribution in [1.29, 1.82) is 0 Å². The van der Waals surface area contributed by atoms with Gasteiger partial charge in [0.15, 0.2) is 17.5 Å². The van der Waals surface area contributed by atoms with E-state index in [1.807, 2.05) is 0 Å². The van der Waals surface area contributed by atoms with Crippen LogP contribution in [0.1, 0.15) is 5.89 Å². The van der Waals surface area contributed by atoms with Crippen LogP contribution >= 0.6 is 0 Å². The van der Waals surface area contributed by atoms with Gasteiger partial charge >= 0.3 is 0 Å². The van der Waals surface area contributed by atoms with Gasteiger partial charge in [-0.15, -0.1) is 0 Å². The van der Waals surface area contributed by atoms with Gasteiger partial charge in [-0.2, -0.15) is 4.98 Å². The molecule has 3 aromatic rings. The molecule has 0 bridgehead atoms. The third-order valence-electron chi connectivity index (χ3n) is 3.28. The Labute approximate surface area is 135 Å². The van der Waals surface area contributed by atoms with Crippen molar-refractivity contribution in [3.63, 3.8) is 0 Å². The second-order valence-corrected chi connectivity index (χ2v) is 4.82. The molecule has 0 aliphatic rings. The molecule has 0 amide bonds. The summed E-state index contributed by atoms with van der Waals surface area (Å²) < 4.78 is 49.7. The molecular weight excluding hydrogens is 323 g/mol. The number of aromatic nitrogens is 2. The van der Waals surface area contributed by atoms with E-state index in [0.29, 0.717) is 17.1 Å². The molecule has 0 aliphatic carbocycles. The number of halogens is 3. The Balaban J connectivity index is 1.71. The van der Waals surface area contributed by atoms with E-state index < -0.39 is 17.5 Å². The highest BCUT2D eigenvalue weighted by atomic mass is 19.2. The van der Waals surface area contributed by atoms with Crippen molar-refractivity contribution < 1.29 is 22.4 Å². The van der Waals surface area contributed by atoms with E-state index in [-0.39, 0.29) is 18.1 Å². The smallest absolute Gasteiger partial charge is 0.246 e. The molecule has 0 saturated heterocycles. The first-order valence-electron chi connectivity index (χ1n) is 6.93. The average molecular weight is 335 g/mol. The second-order valence-electron chi connectivity index (χ2n) is 4.82. The summed E-state index contributed by atoms with van der Waals surface area (Å²) in [7, 11) is 1.56. The first kappa shape index (κ1) is 15.9. The number of ether oxygens (including phenoxy) is 1. The van der Waals surface area contributed by atoms with Crippen LogP contribution in [0.3, 0.4) is 0 Å². The summed E-state index contributed by atoms with van der Waals surface area (Å²) in [6, 6.07) is 8.94. The molecule has 1 N–H and O–H groups in total. The third-order valence-corrected chi connectivity index (χ3v) is 3.28. The van der Waals surface area contributed by atoms with Crippen LogP contribution in [-0.4, -0.2) is 17.3 Å². The molecule has 0 atom stereocenters. The number of methoxy groups -OCH3 is 1. The molecule has 0 spiro atoms. The summed E-state index contributed by atoms with van der Waals surface area (Å²) in [4.78, 5) is 4.15. The van der Waals surface area contributed by atoms with Crippen molar-refractivity contribution in [2.75, 3.05) is 12.4 Å². The molecule has 24 heavy (non-hydrogen) atoms. The largest absolute Gasteiger partial charge is 0.497 e. The monoisotopic (exact) mass is 335 g/mol. The van der Waals surface area contributed by atoms with Gasteiger partial charge in [-0.1, -0.05) is 5.16 Å². The lowest BCUT2D eigenvalue weighted by molar-refractivity contribution is 0.383. The molecule has 2 aromatic carbocycles. The normalized spacial score (nSPS) is 10.7. The summed E-state index contributed by atoms with van der Waals surface area (Å²) in [5.41, 5.74) is 0.517. The van der Waals surface area contributed by atoms with Gasteiger partial charge in [0.25, 0.3) is 0 Å². The summed E-state index contributed by atoms with van der Waals surface area (Å²) in [5, 5.41) is 6.40. The van der Waals surface area contributed by atoms with E-state index in [1.54, 1.807) is 31.4 Å². The van der Waals surface area contributed by atoms with Crippen LogP contribution in [0.25, 0.3) is 11.4 Å². The predicted molar refractivity (Wildman–Crippen MR) is 79.9 cm³/mol. The lowest BCUT2D eigenvalue weighted by Gasteiger charge is -2.05. The second kappa shape index (κ2) is 6.61. The molecule has 1 aromatic heterocycles. The molecular formula is C16H12F3N3O2. The highest BCUT2D eigenvalue weighted by molar-refractivity contribution is 5.55. The van der Waals surface area contributed by atoms with Crippen molar-refractivity contribution in [2.45, 2.75) is 6.54 Å². The minimum atomic E-state index is -1.54. The van der Waals surface area contributed by atoms with Crippen molar-refractivity contribution in [1.82, 2.24) is 10.1 Å². The molecule has 0 unspecified atom stereocenters. The molecule has 0 aliphatic heterocycles. The van der Waals surface area contributed by atoms with E-state index in [4.69, 9.17) is 9.26 Å². The Kier molecular flexibility index (Phi) is 4.37. The van der Waals surface area contributed by atoms with E-state index >= 15 is 0 Å². The number of nitrogens with zero attached hydrogens (tertiary/aromatic N) is 2. The summed E-state index contributed by atoms with van der Waals surface area (Å²) in [6.45, 7) is -0.0366. The number of anilines is 1. The minimum absolute atomic E-state index is 0.0366. The van der Waals surface area contributed by atoms with Gasteiger partial charge < -0.3 is 14.6 Å². The maximum atomic E-state index is 13.6. The van der Waals surface area contributed by atoms with E-state index in [9.17, 15) is 13.2 Å². The molecule has 0 saturated carbocycles. The minimum Gasteiger partial charge on any atom is -0.497 e. The van der Waals surface area contributed by atoms with Crippen molar-refractivity contribution in [3.8, 4) is 17.1 Å². The summed E-state index contributed by atoms with van der Waals surface area (Å²) in [6.07, 6.45) is 0. The number of hydrogen-bond donors (Lipinski definition) is 1. The zero-order chi connectivity index (χ0) is 17.1. The van der Waals surface area contributed by atoms with Crippen LogP contribution in [-0.2, 0) is 6.54 Å². The molecule has 5 nitrogen and oxygen atoms in total. The van der Waals surface area contributed by atoms with Gasteiger partial charge in [-0.3, -0.25) is 0 Å². The Bertz CT molecular complexity index is 850. The third kappa shape index (κ3) is 3.17. The zero-order valence-electron chi connectivity index (χ0n) is 12.5. The molecule has 0 radical (unpaired) electrons. The van der Waals surface area contributed by atoms with Gasteiger partial charge in [-0.25, -0.2) is 13.2 Å². The standard InChI is InChI=1S/C16H12F3N3O2/c1-23-10-4-2-9(3-5-10)16-21-13(24-22-16)8-20-12-7-6-11(17)14(18)15(12)19/h2-7,20H,8H2,1H3. The van der Waals surface area contributed by atoms with Crippen LogP contribution in [0.4, 0.5) is 18.9 Å². The fourth-order valence-corrected chi connectivity index (χ4v) is 2.02. The van der Waals surface area contributed by atoms with Crippen molar-refractivity contribution in [3.05, 3.63) is 59.7 Å². The van der Waals surface area contributed by atoms with Gasteiger partial charge in [0.05, 0.1) is 19.3 Å². The Hall–Kier alpha value is -3.03. The quantitative estimate of drug-likeness (QED) is 0.719. The fraction of sp³-hybridized carbons (Fsp3) is 0.125.